The second-order valence-corrected chi connectivity index (χ2v) is 3.37. The normalized spacial score (nSPS) is 10.2. The van der Waals surface area contributed by atoms with Gasteiger partial charge in [0.25, 0.3) is 0 Å². The Balaban J connectivity index is 2.52. The van der Waals surface area contributed by atoms with Gasteiger partial charge in [-0.1, -0.05) is 0 Å². The average Bonchev–Trinajstić information content (AvgIpc) is 2.53. The van der Waals surface area contributed by atoms with Crippen LogP contribution in [0, 0.1) is 0 Å². The fourth-order valence-corrected chi connectivity index (χ4v) is 1.46. The lowest BCUT2D eigenvalue weighted by molar-refractivity contribution is 0.878. The highest BCUT2D eigenvalue weighted by molar-refractivity contribution is 9.10. The molecule has 0 fully saturated rings. The van der Waals surface area contributed by atoms with Gasteiger partial charge in [-0.25, -0.2) is 4.68 Å². The summed E-state index contributed by atoms with van der Waals surface area (Å²) in [7, 11) is 0. The third-order valence-corrected chi connectivity index (χ3v) is 2.22. The molecule has 0 aliphatic heterocycles. The molecule has 0 saturated carbocycles. The molecule has 66 valence electrons. The molecular formula is C8H7BrN4. The zero-order valence-electron chi connectivity index (χ0n) is 6.68. The van der Waals surface area contributed by atoms with E-state index in [1.54, 1.807) is 29.3 Å². The fourth-order valence-electron chi connectivity index (χ4n) is 1.03. The van der Waals surface area contributed by atoms with Gasteiger partial charge in [-0.2, -0.15) is 5.10 Å². The molecule has 0 unspecified atom stereocenters. The van der Waals surface area contributed by atoms with Gasteiger partial charge in [0, 0.05) is 24.7 Å². The summed E-state index contributed by atoms with van der Waals surface area (Å²) in [6.07, 6.45) is 5.22. The Kier molecular flexibility index (Phi) is 2.02. The highest BCUT2D eigenvalue weighted by Gasteiger charge is 2.02. The summed E-state index contributed by atoms with van der Waals surface area (Å²) in [5.74, 6) is 0.503. The minimum Gasteiger partial charge on any atom is -0.382 e. The van der Waals surface area contributed by atoms with E-state index in [9.17, 15) is 0 Å². The van der Waals surface area contributed by atoms with Crippen LogP contribution in [-0.4, -0.2) is 14.8 Å². The van der Waals surface area contributed by atoms with E-state index in [4.69, 9.17) is 5.73 Å². The van der Waals surface area contributed by atoms with E-state index in [2.05, 4.69) is 26.0 Å². The van der Waals surface area contributed by atoms with Crippen LogP contribution >= 0.6 is 15.9 Å². The van der Waals surface area contributed by atoms with E-state index in [0.717, 1.165) is 10.2 Å². The predicted octanol–water partition coefficient (Wildman–Crippen LogP) is 1.61. The Morgan fingerprint density at radius 2 is 2.23 bits per heavy atom. The van der Waals surface area contributed by atoms with Crippen LogP contribution in [0.5, 0.6) is 0 Å². The molecule has 0 aliphatic carbocycles. The van der Waals surface area contributed by atoms with Gasteiger partial charge in [-0.05, 0) is 22.0 Å². The second-order valence-electron chi connectivity index (χ2n) is 2.51. The highest BCUT2D eigenvalue weighted by Crippen LogP contribution is 2.18. The summed E-state index contributed by atoms with van der Waals surface area (Å²) in [6.45, 7) is 0. The lowest BCUT2D eigenvalue weighted by atomic mass is 10.4. The third-order valence-electron chi connectivity index (χ3n) is 1.61. The van der Waals surface area contributed by atoms with Gasteiger partial charge in [0.2, 0.25) is 0 Å². The Hall–Kier alpha value is -1.36. The molecule has 2 rings (SSSR count). The lowest BCUT2D eigenvalue weighted by Crippen LogP contribution is -1.97. The van der Waals surface area contributed by atoms with Gasteiger partial charge >= 0.3 is 0 Å². The average molecular weight is 239 g/mol. The van der Waals surface area contributed by atoms with Gasteiger partial charge in [-0.3, -0.25) is 4.98 Å². The molecule has 0 aromatic carbocycles. The van der Waals surface area contributed by atoms with E-state index in [1.807, 2.05) is 6.07 Å². The van der Waals surface area contributed by atoms with E-state index in [-0.39, 0.29) is 0 Å². The monoisotopic (exact) mass is 238 g/mol. The van der Waals surface area contributed by atoms with Gasteiger partial charge in [0.1, 0.15) is 5.82 Å². The van der Waals surface area contributed by atoms with Gasteiger partial charge < -0.3 is 5.73 Å². The highest BCUT2D eigenvalue weighted by atomic mass is 79.9. The minimum absolute atomic E-state index is 0.503. The first-order valence-electron chi connectivity index (χ1n) is 3.68. The van der Waals surface area contributed by atoms with E-state index < -0.39 is 0 Å². The van der Waals surface area contributed by atoms with Gasteiger partial charge in [0.05, 0.1) is 10.2 Å². The summed E-state index contributed by atoms with van der Waals surface area (Å²) >= 11 is 3.38. The minimum atomic E-state index is 0.503. The molecule has 0 spiro atoms. The lowest BCUT2D eigenvalue weighted by Gasteiger charge is -2.01. The van der Waals surface area contributed by atoms with Crippen LogP contribution in [0.2, 0.25) is 0 Å². The molecule has 0 saturated heterocycles. The van der Waals surface area contributed by atoms with Crippen LogP contribution in [0.1, 0.15) is 0 Å². The van der Waals surface area contributed by atoms with Crippen LogP contribution in [-0.2, 0) is 0 Å². The molecule has 2 aromatic heterocycles. The number of aromatic nitrogens is 3. The standard InChI is InChI=1S/C8H7BrN4/c9-6-5-11-3-1-7(6)13-4-2-8(10)12-13/h1-5H,(H2,10,12). The van der Waals surface area contributed by atoms with Crippen molar-refractivity contribution in [1.82, 2.24) is 14.8 Å². The largest absolute Gasteiger partial charge is 0.382 e. The van der Waals surface area contributed by atoms with Gasteiger partial charge in [-0.15, -0.1) is 0 Å². The topological polar surface area (TPSA) is 56.7 Å². The van der Waals surface area contributed by atoms with Crippen LogP contribution in [0.3, 0.4) is 0 Å². The molecule has 2 heterocycles. The molecule has 2 N–H and O–H groups in total. The van der Waals surface area contributed by atoms with Crippen LogP contribution in [0.15, 0.2) is 35.2 Å². The maximum atomic E-state index is 5.50. The smallest absolute Gasteiger partial charge is 0.145 e. The van der Waals surface area contributed by atoms with Crippen molar-refractivity contribution in [1.29, 1.82) is 0 Å². The molecule has 5 heteroatoms. The van der Waals surface area contributed by atoms with Crippen LogP contribution in [0.25, 0.3) is 5.69 Å². The fraction of sp³-hybridized carbons (Fsp3) is 0. The van der Waals surface area contributed by atoms with Crippen molar-refractivity contribution >= 4 is 21.7 Å². The van der Waals surface area contributed by atoms with Crippen molar-refractivity contribution in [3.05, 3.63) is 35.2 Å². The van der Waals surface area contributed by atoms with E-state index in [1.165, 1.54) is 0 Å². The molecule has 0 bridgehead atoms. The number of nitrogens with two attached hydrogens (primary N) is 1. The molecule has 0 amide bonds. The number of nitrogen functional groups attached to an aromatic ring is 1. The zero-order valence-corrected chi connectivity index (χ0v) is 8.27. The zero-order chi connectivity index (χ0) is 9.26. The van der Waals surface area contributed by atoms with Crippen molar-refractivity contribution in [2.45, 2.75) is 0 Å². The Morgan fingerprint density at radius 1 is 1.38 bits per heavy atom. The first kappa shape index (κ1) is 8.25. The Labute approximate surface area is 83.5 Å². The molecule has 0 atom stereocenters. The molecule has 4 nitrogen and oxygen atoms in total. The maximum Gasteiger partial charge on any atom is 0.145 e. The molecule has 2 aromatic rings. The first-order chi connectivity index (χ1) is 6.27. The van der Waals surface area contributed by atoms with Crippen molar-refractivity contribution in [2.24, 2.45) is 0 Å². The SMILES string of the molecule is Nc1ccn(-c2ccncc2Br)n1. The molecular weight excluding hydrogens is 232 g/mol. The first-order valence-corrected chi connectivity index (χ1v) is 4.48. The van der Waals surface area contributed by atoms with Crippen LogP contribution < -0.4 is 5.73 Å². The quantitative estimate of drug-likeness (QED) is 0.822. The van der Waals surface area contributed by atoms with Crippen LogP contribution in [0.4, 0.5) is 5.82 Å². The molecule has 0 aliphatic rings. The number of anilines is 1. The molecule has 13 heavy (non-hydrogen) atoms. The predicted molar refractivity (Wildman–Crippen MR) is 53.5 cm³/mol. The Bertz CT molecular complexity index is 424. The van der Waals surface area contributed by atoms with Gasteiger partial charge in [0.15, 0.2) is 0 Å². The molecule has 0 radical (unpaired) electrons. The maximum absolute atomic E-state index is 5.50. The summed E-state index contributed by atoms with van der Waals surface area (Å²) in [4.78, 5) is 3.96. The summed E-state index contributed by atoms with van der Waals surface area (Å²) in [6, 6.07) is 3.60. The van der Waals surface area contributed by atoms with Crippen molar-refractivity contribution in [2.75, 3.05) is 5.73 Å². The number of halogens is 1. The van der Waals surface area contributed by atoms with E-state index in [0.29, 0.717) is 5.82 Å². The van der Waals surface area contributed by atoms with Crippen molar-refractivity contribution in [3.8, 4) is 5.69 Å². The Morgan fingerprint density at radius 3 is 2.85 bits per heavy atom. The number of hydrogen-bond acceptors (Lipinski definition) is 3. The number of hydrogen-bond donors (Lipinski definition) is 1. The summed E-state index contributed by atoms with van der Waals surface area (Å²) in [5.41, 5.74) is 6.43. The number of nitrogens with zero attached hydrogens (tertiary/aromatic N) is 3. The summed E-state index contributed by atoms with van der Waals surface area (Å²) in [5, 5.41) is 4.08. The van der Waals surface area contributed by atoms with Crippen molar-refractivity contribution < 1.29 is 0 Å². The second kappa shape index (κ2) is 3.18. The number of rotatable bonds is 1. The summed E-state index contributed by atoms with van der Waals surface area (Å²) < 4.78 is 2.58. The number of pyridine rings is 1. The van der Waals surface area contributed by atoms with E-state index >= 15 is 0 Å². The third kappa shape index (κ3) is 1.55. The van der Waals surface area contributed by atoms with Crippen molar-refractivity contribution in [3.63, 3.8) is 0 Å².